The van der Waals surface area contributed by atoms with Gasteiger partial charge in [-0.3, -0.25) is 13.9 Å². The second-order valence-corrected chi connectivity index (χ2v) is 13.2. The van der Waals surface area contributed by atoms with E-state index in [1.165, 1.54) is 17.0 Å². The molecule has 230 valence electrons. The molecule has 4 aromatic rings. The SMILES string of the molecule is CC[C@H](C)NC(=O)[C@H](C)N(Cc1cccc(Br)c1)C(=O)CN(c1ccc(Oc2ccccc2)cc1)S(=O)(=O)c1ccccc1. The lowest BCUT2D eigenvalue weighted by Crippen LogP contribution is -2.52. The van der Waals surface area contributed by atoms with Crippen LogP contribution >= 0.6 is 15.9 Å². The number of carbonyl (C=O) groups is 2. The summed E-state index contributed by atoms with van der Waals surface area (Å²) in [5, 5.41) is 2.94. The van der Waals surface area contributed by atoms with Gasteiger partial charge in [-0.05, 0) is 86.5 Å². The van der Waals surface area contributed by atoms with Crippen LogP contribution in [-0.4, -0.2) is 43.8 Å². The van der Waals surface area contributed by atoms with Crippen molar-refractivity contribution in [2.75, 3.05) is 10.8 Å². The fraction of sp³-hybridized carbons (Fsp3) is 0.235. The van der Waals surface area contributed by atoms with Crippen LogP contribution in [0.2, 0.25) is 0 Å². The van der Waals surface area contributed by atoms with Crippen LogP contribution in [0.25, 0.3) is 0 Å². The number of carbonyl (C=O) groups excluding carboxylic acids is 2. The Morgan fingerprint density at radius 2 is 1.45 bits per heavy atom. The Labute approximate surface area is 267 Å². The molecule has 1 N–H and O–H groups in total. The van der Waals surface area contributed by atoms with Gasteiger partial charge in [0.05, 0.1) is 10.6 Å². The number of nitrogens with one attached hydrogen (secondary N) is 1. The van der Waals surface area contributed by atoms with Crippen molar-refractivity contribution < 1.29 is 22.7 Å². The third kappa shape index (κ3) is 8.48. The van der Waals surface area contributed by atoms with E-state index in [1.54, 1.807) is 49.4 Å². The normalized spacial score (nSPS) is 12.5. The van der Waals surface area contributed by atoms with Crippen molar-refractivity contribution in [1.82, 2.24) is 10.2 Å². The average Bonchev–Trinajstić information content (AvgIpc) is 3.03. The lowest BCUT2D eigenvalue weighted by molar-refractivity contribution is -0.139. The monoisotopic (exact) mass is 677 g/mol. The number of nitrogens with zero attached hydrogens (tertiary/aromatic N) is 2. The lowest BCUT2D eigenvalue weighted by atomic mass is 10.1. The number of anilines is 1. The Morgan fingerprint density at radius 3 is 2.07 bits per heavy atom. The lowest BCUT2D eigenvalue weighted by Gasteiger charge is -2.32. The fourth-order valence-corrected chi connectivity index (χ4v) is 6.32. The summed E-state index contributed by atoms with van der Waals surface area (Å²) in [4.78, 5) is 28.8. The molecule has 4 rings (SSSR count). The molecule has 0 aliphatic rings. The highest BCUT2D eigenvalue weighted by molar-refractivity contribution is 9.10. The van der Waals surface area contributed by atoms with E-state index in [-0.39, 0.29) is 29.1 Å². The van der Waals surface area contributed by atoms with E-state index in [9.17, 15) is 18.0 Å². The van der Waals surface area contributed by atoms with Crippen molar-refractivity contribution in [2.24, 2.45) is 0 Å². The molecule has 0 heterocycles. The van der Waals surface area contributed by atoms with E-state index in [0.717, 1.165) is 20.8 Å². The molecule has 0 aliphatic heterocycles. The summed E-state index contributed by atoms with van der Waals surface area (Å²) >= 11 is 3.47. The number of benzene rings is 4. The van der Waals surface area contributed by atoms with E-state index in [0.29, 0.717) is 11.5 Å². The van der Waals surface area contributed by atoms with Crippen molar-refractivity contribution in [2.45, 2.75) is 50.7 Å². The standard InChI is InChI=1S/C34H36BrN3O5S/c1-4-25(2)36-34(40)26(3)37(23-27-12-11-13-28(35)22-27)33(39)24-38(44(41,42)32-16-9-6-10-17-32)29-18-20-31(21-19-29)43-30-14-7-5-8-15-30/h5-22,25-26H,4,23-24H2,1-3H3,(H,36,40)/t25-,26-/m0/s1. The molecule has 2 atom stereocenters. The number of ether oxygens (including phenoxy) is 1. The number of para-hydroxylation sites is 1. The average molecular weight is 679 g/mol. The fourth-order valence-electron chi connectivity index (χ4n) is 4.43. The summed E-state index contributed by atoms with van der Waals surface area (Å²) in [6.07, 6.45) is 0.727. The van der Waals surface area contributed by atoms with E-state index in [1.807, 2.05) is 68.4 Å². The number of hydrogen-bond donors (Lipinski definition) is 1. The molecule has 2 amide bonds. The highest BCUT2D eigenvalue weighted by Gasteiger charge is 2.32. The third-order valence-corrected chi connectivity index (χ3v) is 9.41. The van der Waals surface area contributed by atoms with Gasteiger partial charge in [0.15, 0.2) is 0 Å². The number of rotatable bonds is 13. The molecule has 4 aromatic carbocycles. The summed E-state index contributed by atoms with van der Waals surface area (Å²) in [5.41, 5.74) is 1.07. The first kappa shape index (κ1) is 32.8. The Bertz CT molecular complexity index is 1650. The van der Waals surface area contributed by atoms with Gasteiger partial charge in [-0.1, -0.05) is 71.4 Å². The first-order chi connectivity index (χ1) is 21.1. The molecule has 0 radical (unpaired) electrons. The largest absolute Gasteiger partial charge is 0.457 e. The molecule has 0 unspecified atom stereocenters. The van der Waals surface area contributed by atoms with Gasteiger partial charge >= 0.3 is 0 Å². The van der Waals surface area contributed by atoms with Crippen LogP contribution in [0.3, 0.4) is 0 Å². The van der Waals surface area contributed by atoms with Crippen molar-refractivity contribution in [3.8, 4) is 11.5 Å². The summed E-state index contributed by atoms with van der Waals surface area (Å²) < 4.78 is 35.8. The van der Waals surface area contributed by atoms with Crippen LogP contribution in [-0.2, 0) is 26.2 Å². The van der Waals surface area contributed by atoms with Crippen LogP contribution in [0.1, 0.15) is 32.8 Å². The summed E-state index contributed by atoms with van der Waals surface area (Å²) in [5.74, 6) is 0.301. The van der Waals surface area contributed by atoms with Crippen molar-refractivity contribution in [1.29, 1.82) is 0 Å². The van der Waals surface area contributed by atoms with Crippen LogP contribution in [0, 0.1) is 0 Å². The van der Waals surface area contributed by atoms with Gasteiger partial charge in [0.25, 0.3) is 10.0 Å². The highest BCUT2D eigenvalue weighted by Crippen LogP contribution is 2.28. The van der Waals surface area contributed by atoms with Crippen LogP contribution in [0.15, 0.2) is 119 Å². The molecular weight excluding hydrogens is 642 g/mol. The third-order valence-electron chi connectivity index (χ3n) is 7.12. The Morgan fingerprint density at radius 1 is 0.841 bits per heavy atom. The number of sulfonamides is 1. The first-order valence-corrected chi connectivity index (χ1v) is 16.6. The van der Waals surface area contributed by atoms with Crippen molar-refractivity contribution in [3.63, 3.8) is 0 Å². The summed E-state index contributed by atoms with van der Waals surface area (Å²) in [7, 11) is -4.17. The van der Waals surface area contributed by atoms with E-state index in [4.69, 9.17) is 4.74 Å². The van der Waals surface area contributed by atoms with E-state index in [2.05, 4.69) is 21.2 Å². The molecule has 0 fully saturated rings. The maximum atomic E-state index is 14.1. The maximum absolute atomic E-state index is 14.1. The summed E-state index contributed by atoms with van der Waals surface area (Å²) in [6, 6.07) is 30.2. The minimum Gasteiger partial charge on any atom is -0.457 e. The molecule has 44 heavy (non-hydrogen) atoms. The van der Waals surface area contributed by atoms with E-state index < -0.39 is 28.5 Å². The predicted molar refractivity (Wildman–Crippen MR) is 176 cm³/mol. The van der Waals surface area contributed by atoms with Gasteiger partial charge in [-0.15, -0.1) is 0 Å². The predicted octanol–water partition coefficient (Wildman–Crippen LogP) is 6.77. The molecule has 0 saturated carbocycles. The zero-order valence-electron chi connectivity index (χ0n) is 24.9. The first-order valence-electron chi connectivity index (χ1n) is 14.3. The number of hydrogen-bond acceptors (Lipinski definition) is 5. The van der Waals surface area contributed by atoms with Crippen molar-refractivity contribution >= 4 is 43.5 Å². The molecular formula is C34H36BrN3O5S. The maximum Gasteiger partial charge on any atom is 0.264 e. The Balaban J connectivity index is 1.69. The zero-order chi connectivity index (χ0) is 31.7. The second kappa shape index (κ2) is 15.0. The molecule has 0 saturated heterocycles. The van der Waals surface area contributed by atoms with Crippen LogP contribution in [0.4, 0.5) is 5.69 Å². The minimum atomic E-state index is -4.17. The Hall–Kier alpha value is -4.15. The Kier molecular flexibility index (Phi) is 11.2. The van der Waals surface area contributed by atoms with Gasteiger partial charge < -0.3 is 15.0 Å². The molecule has 0 aromatic heterocycles. The molecule has 0 aliphatic carbocycles. The zero-order valence-corrected chi connectivity index (χ0v) is 27.3. The smallest absolute Gasteiger partial charge is 0.264 e. The quantitative estimate of drug-likeness (QED) is 0.169. The molecule has 0 spiro atoms. The second-order valence-electron chi connectivity index (χ2n) is 10.4. The molecule has 8 nitrogen and oxygen atoms in total. The van der Waals surface area contributed by atoms with Crippen molar-refractivity contribution in [3.05, 3.63) is 119 Å². The number of halogens is 1. The summed E-state index contributed by atoms with van der Waals surface area (Å²) in [6.45, 7) is 5.09. The van der Waals surface area contributed by atoms with Gasteiger partial charge in [0.1, 0.15) is 24.1 Å². The van der Waals surface area contributed by atoms with Gasteiger partial charge in [-0.25, -0.2) is 8.42 Å². The van der Waals surface area contributed by atoms with Gasteiger partial charge in [0, 0.05) is 17.1 Å². The van der Waals surface area contributed by atoms with Crippen LogP contribution in [0.5, 0.6) is 11.5 Å². The van der Waals surface area contributed by atoms with Gasteiger partial charge in [-0.2, -0.15) is 0 Å². The minimum absolute atomic E-state index is 0.0403. The topological polar surface area (TPSA) is 96.0 Å². The molecule has 10 heteroatoms. The number of amides is 2. The molecule has 0 bridgehead atoms. The van der Waals surface area contributed by atoms with Gasteiger partial charge in [0.2, 0.25) is 11.8 Å². The highest BCUT2D eigenvalue weighted by atomic mass is 79.9. The van der Waals surface area contributed by atoms with E-state index >= 15 is 0 Å². The van der Waals surface area contributed by atoms with Crippen LogP contribution < -0.4 is 14.4 Å².